The molecule has 2 N–H and O–H groups in total. The highest BCUT2D eigenvalue weighted by Gasteiger charge is 2.35. The fraction of sp³-hybridized carbons (Fsp3) is 1.00. The smallest absolute Gasteiger partial charge is 0.291 e. The van der Waals surface area contributed by atoms with Gasteiger partial charge in [0.15, 0.2) is 0 Å². The molecule has 0 radical (unpaired) electrons. The Bertz CT molecular complexity index is 232. The normalized spacial score (nSPS) is 13.1. The van der Waals surface area contributed by atoms with Crippen molar-refractivity contribution in [1.82, 2.24) is 0 Å². The largest absolute Gasteiger partial charge is 0.389 e. The number of nitrogens with zero attached hydrogens (tertiary/aromatic N) is 2. The lowest BCUT2D eigenvalue weighted by atomic mass is 9.96. The minimum absolute atomic E-state index is 0.369. The molecular formula is C9H20N2O6. The Kier molecular flexibility index (Phi) is 10.3. The van der Waals surface area contributed by atoms with E-state index in [0.29, 0.717) is 6.42 Å². The van der Waals surface area contributed by atoms with Crippen LogP contribution < -0.4 is 0 Å². The van der Waals surface area contributed by atoms with E-state index in [0.717, 1.165) is 25.7 Å². The fourth-order valence-corrected chi connectivity index (χ4v) is 1.16. The topological polar surface area (TPSA) is 127 Å². The number of aliphatic hydroxyl groups excluding tert-OH is 1. The summed E-state index contributed by atoms with van der Waals surface area (Å²) in [5, 5.41) is 33.1. The first kappa shape index (κ1) is 17.9. The van der Waals surface area contributed by atoms with Crippen LogP contribution in [-0.4, -0.2) is 32.5 Å². The molecule has 8 heteroatoms. The van der Waals surface area contributed by atoms with Crippen LogP contribution in [0.4, 0.5) is 0 Å². The van der Waals surface area contributed by atoms with Gasteiger partial charge in [-0.1, -0.05) is 26.2 Å². The van der Waals surface area contributed by atoms with E-state index in [1.807, 2.05) is 0 Å². The van der Waals surface area contributed by atoms with Crippen molar-refractivity contribution in [3.63, 3.8) is 0 Å². The van der Waals surface area contributed by atoms with Crippen molar-refractivity contribution in [3.8, 4) is 0 Å². The third-order valence-corrected chi connectivity index (χ3v) is 2.35. The zero-order chi connectivity index (χ0) is 13.9. The van der Waals surface area contributed by atoms with Crippen LogP contribution in [0.1, 0.15) is 46.0 Å². The molecular weight excluding hydrogens is 232 g/mol. The van der Waals surface area contributed by atoms with Gasteiger partial charge in [-0.3, -0.25) is 10.1 Å². The Balaban J connectivity index is 0. The number of nitro groups is 1. The Morgan fingerprint density at radius 3 is 1.94 bits per heavy atom. The molecule has 0 aliphatic heterocycles. The van der Waals surface area contributed by atoms with Crippen LogP contribution in [0, 0.1) is 20.2 Å². The van der Waals surface area contributed by atoms with Gasteiger partial charge in [0.2, 0.25) is 5.54 Å². The van der Waals surface area contributed by atoms with Crippen LogP contribution in [0.25, 0.3) is 0 Å². The van der Waals surface area contributed by atoms with E-state index in [1.54, 1.807) is 0 Å². The number of hydrogen-bond acceptors (Lipinski definition) is 5. The second-order valence-electron chi connectivity index (χ2n) is 3.96. The van der Waals surface area contributed by atoms with Crippen molar-refractivity contribution >= 4 is 0 Å². The van der Waals surface area contributed by atoms with Crippen LogP contribution in [0.5, 0.6) is 0 Å². The molecule has 0 rings (SSSR count). The van der Waals surface area contributed by atoms with E-state index in [-0.39, 0.29) is 11.5 Å². The standard InChI is InChI=1S/C9H19NO3.HNO3/c1-3-4-5-6-7-9(2,8-11)10(12)13;2-1(3)4/h11H,3-8H2,1-2H3;(H,2,3,4). The van der Waals surface area contributed by atoms with Crippen molar-refractivity contribution in [1.29, 1.82) is 0 Å². The monoisotopic (exact) mass is 252 g/mol. The molecule has 0 fully saturated rings. The highest BCUT2D eigenvalue weighted by atomic mass is 16.9. The highest BCUT2D eigenvalue weighted by molar-refractivity contribution is 4.71. The van der Waals surface area contributed by atoms with Gasteiger partial charge in [0.1, 0.15) is 6.61 Å². The molecule has 1 unspecified atom stereocenters. The van der Waals surface area contributed by atoms with Gasteiger partial charge in [0, 0.05) is 18.3 Å². The molecule has 0 aliphatic carbocycles. The van der Waals surface area contributed by atoms with Crippen molar-refractivity contribution in [2.24, 2.45) is 0 Å². The summed E-state index contributed by atoms with van der Waals surface area (Å²) in [6, 6.07) is 0. The SMILES string of the molecule is CCCCCCC(C)(CO)[N+](=O)[O-].O=[N+]([O-])O. The van der Waals surface area contributed by atoms with Gasteiger partial charge in [0.05, 0.1) is 0 Å². The van der Waals surface area contributed by atoms with Crippen LogP contribution in [-0.2, 0) is 0 Å². The van der Waals surface area contributed by atoms with E-state index in [1.165, 1.54) is 6.92 Å². The highest BCUT2D eigenvalue weighted by Crippen LogP contribution is 2.17. The molecule has 0 saturated heterocycles. The number of aliphatic hydroxyl groups is 1. The molecule has 8 nitrogen and oxygen atoms in total. The Hall–Kier alpha value is -1.44. The summed E-state index contributed by atoms with van der Waals surface area (Å²) in [5.74, 6) is 0. The average molecular weight is 252 g/mol. The van der Waals surface area contributed by atoms with Gasteiger partial charge in [0.25, 0.3) is 5.09 Å². The van der Waals surface area contributed by atoms with Crippen molar-refractivity contribution in [2.45, 2.75) is 51.5 Å². The summed E-state index contributed by atoms with van der Waals surface area (Å²) in [6.45, 7) is 3.23. The molecule has 0 heterocycles. The minimum Gasteiger partial charge on any atom is -0.389 e. The summed E-state index contributed by atoms with van der Waals surface area (Å²) < 4.78 is 0. The van der Waals surface area contributed by atoms with E-state index in [2.05, 4.69) is 6.92 Å². The lowest BCUT2D eigenvalue weighted by Crippen LogP contribution is -2.38. The van der Waals surface area contributed by atoms with Crippen molar-refractivity contribution < 1.29 is 20.3 Å². The van der Waals surface area contributed by atoms with Gasteiger partial charge < -0.3 is 10.3 Å². The van der Waals surface area contributed by atoms with Gasteiger partial charge in [-0.2, -0.15) is 0 Å². The van der Waals surface area contributed by atoms with Gasteiger partial charge >= 0.3 is 0 Å². The van der Waals surface area contributed by atoms with Crippen LogP contribution in [0.15, 0.2) is 0 Å². The van der Waals surface area contributed by atoms with Crippen LogP contribution in [0.3, 0.4) is 0 Å². The maximum absolute atomic E-state index is 10.6. The second kappa shape index (κ2) is 9.76. The molecule has 0 aromatic rings. The van der Waals surface area contributed by atoms with Gasteiger partial charge in [-0.15, -0.1) is 10.1 Å². The molecule has 0 amide bonds. The molecule has 0 aromatic carbocycles. The third-order valence-electron chi connectivity index (χ3n) is 2.35. The molecule has 0 aromatic heterocycles. The summed E-state index contributed by atoms with van der Waals surface area (Å²) in [7, 11) is 0. The third kappa shape index (κ3) is 10.8. The quantitative estimate of drug-likeness (QED) is 0.402. The maximum atomic E-state index is 10.6. The first-order chi connectivity index (χ1) is 7.80. The zero-order valence-electron chi connectivity index (χ0n) is 10.2. The second-order valence-corrected chi connectivity index (χ2v) is 3.96. The lowest BCUT2D eigenvalue weighted by molar-refractivity contribution is -0.742. The van der Waals surface area contributed by atoms with E-state index in [9.17, 15) is 10.1 Å². The number of rotatable bonds is 7. The fourth-order valence-electron chi connectivity index (χ4n) is 1.16. The average Bonchev–Trinajstić information content (AvgIpc) is 2.23. The predicted octanol–water partition coefficient (Wildman–Crippen LogP) is 1.64. The molecule has 0 saturated carbocycles. The molecule has 0 aliphatic rings. The summed E-state index contributed by atoms with van der Waals surface area (Å²) in [4.78, 5) is 18.5. The van der Waals surface area contributed by atoms with Crippen LogP contribution in [0.2, 0.25) is 0 Å². The Morgan fingerprint density at radius 2 is 1.65 bits per heavy atom. The van der Waals surface area contributed by atoms with E-state index < -0.39 is 10.6 Å². The summed E-state index contributed by atoms with van der Waals surface area (Å²) in [6.07, 6.45) is 4.54. The van der Waals surface area contributed by atoms with E-state index >= 15 is 0 Å². The van der Waals surface area contributed by atoms with Crippen LogP contribution >= 0.6 is 0 Å². The molecule has 1 atom stereocenters. The maximum Gasteiger partial charge on any atom is 0.291 e. The Morgan fingerprint density at radius 1 is 1.18 bits per heavy atom. The first-order valence-electron chi connectivity index (χ1n) is 5.38. The Labute approximate surface area is 99.5 Å². The number of unbranched alkanes of at least 4 members (excludes halogenated alkanes) is 3. The zero-order valence-corrected chi connectivity index (χ0v) is 10.2. The molecule has 0 bridgehead atoms. The van der Waals surface area contributed by atoms with Crippen molar-refractivity contribution in [2.75, 3.05) is 6.61 Å². The van der Waals surface area contributed by atoms with Crippen molar-refractivity contribution in [3.05, 3.63) is 20.2 Å². The molecule has 0 spiro atoms. The first-order valence-corrected chi connectivity index (χ1v) is 5.38. The lowest BCUT2D eigenvalue weighted by Gasteiger charge is -2.17. The molecule has 17 heavy (non-hydrogen) atoms. The van der Waals surface area contributed by atoms with E-state index in [4.69, 9.17) is 20.4 Å². The predicted molar refractivity (Wildman–Crippen MR) is 60.0 cm³/mol. The minimum atomic E-state index is -1.50. The molecule has 102 valence electrons. The van der Waals surface area contributed by atoms with Gasteiger partial charge in [-0.25, -0.2) is 0 Å². The number of hydrogen-bond donors (Lipinski definition) is 2. The summed E-state index contributed by atoms with van der Waals surface area (Å²) >= 11 is 0. The summed E-state index contributed by atoms with van der Waals surface area (Å²) in [5.41, 5.74) is -1.13. The van der Waals surface area contributed by atoms with Gasteiger partial charge in [-0.05, 0) is 6.42 Å².